The van der Waals surface area contributed by atoms with Gasteiger partial charge in [-0.25, -0.2) is 4.39 Å². The Morgan fingerprint density at radius 2 is 1.65 bits per heavy atom. The predicted octanol–water partition coefficient (Wildman–Crippen LogP) is 5.39. The van der Waals surface area contributed by atoms with Crippen molar-refractivity contribution in [1.29, 1.82) is 0 Å². The largest absolute Gasteiger partial charge is 0.356 e. The van der Waals surface area contributed by atoms with Gasteiger partial charge in [-0.2, -0.15) is 0 Å². The van der Waals surface area contributed by atoms with Crippen molar-refractivity contribution in [2.24, 2.45) is 0 Å². The fourth-order valence-electron chi connectivity index (χ4n) is 2.35. The van der Waals surface area contributed by atoms with Gasteiger partial charge in [0.25, 0.3) is 0 Å². The highest BCUT2D eigenvalue weighted by Crippen LogP contribution is 2.21. The Kier molecular flexibility index (Phi) is 6.11. The molecule has 0 saturated heterocycles. The molecule has 23 heavy (non-hydrogen) atoms. The van der Waals surface area contributed by atoms with E-state index in [2.05, 4.69) is 48.7 Å². The molecule has 0 radical (unpaired) electrons. The highest BCUT2D eigenvalue weighted by atomic mass is 32.1. The quantitative estimate of drug-likeness (QED) is 0.719. The lowest BCUT2D eigenvalue weighted by Gasteiger charge is -2.18. The van der Waals surface area contributed by atoms with E-state index in [4.69, 9.17) is 12.2 Å². The van der Waals surface area contributed by atoms with Crippen LogP contribution < -0.4 is 10.6 Å². The van der Waals surface area contributed by atoms with Gasteiger partial charge in [-0.15, -0.1) is 0 Å². The van der Waals surface area contributed by atoms with Gasteiger partial charge >= 0.3 is 0 Å². The van der Waals surface area contributed by atoms with Crippen molar-refractivity contribution in [2.45, 2.75) is 39.2 Å². The van der Waals surface area contributed by atoms with Crippen LogP contribution in [0.3, 0.4) is 0 Å². The Morgan fingerprint density at radius 3 is 2.26 bits per heavy atom. The van der Waals surface area contributed by atoms with E-state index in [0.29, 0.717) is 16.7 Å². The number of rotatable bonds is 5. The maximum Gasteiger partial charge on any atom is 0.171 e. The molecule has 122 valence electrons. The molecular formula is C19H23FN2S. The van der Waals surface area contributed by atoms with Crippen LogP contribution in [0.4, 0.5) is 10.1 Å². The highest BCUT2D eigenvalue weighted by molar-refractivity contribution is 7.80. The van der Waals surface area contributed by atoms with Crippen LogP contribution in [0.1, 0.15) is 50.3 Å². The molecule has 4 heteroatoms. The summed E-state index contributed by atoms with van der Waals surface area (Å²) in [6, 6.07) is 15.1. The maximum atomic E-state index is 13.6. The molecule has 0 aliphatic heterocycles. The molecule has 0 aliphatic carbocycles. The molecule has 2 unspecified atom stereocenters. The molecule has 0 bridgehead atoms. The number of benzene rings is 2. The van der Waals surface area contributed by atoms with Gasteiger partial charge in [0.2, 0.25) is 0 Å². The molecule has 0 saturated carbocycles. The van der Waals surface area contributed by atoms with Gasteiger partial charge in [0.1, 0.15) is 5.82 Å². The fraction of sp³-hybridized carbons (Fsp3) is 0.316. The molecule has 0 spiro atoms. The molecule has 0 aromatic heterocycles. The van der Waals surface area contributed by atoms with Crippen molar-refractivity contribution in [2.75, 3.05) is 5.32 Å². The van der Waals surface area contributed by atoms with Crippen molar-refractivity contribution in [1.82, 2.24) is 5.32 Å². The standard InChI is InChI=1S/C19H23FN2S/c1-4-13(2)15-9-11-16(12-10-15)14(3)21-19(23)22-18-8-6-5-7-17(18)20/h5-14H,4H2,1-3H3,(H2,21,22,23). The van der Waals surface area contributed by atoms with E-state index in [1.54, 1.807) is 18.2 Å². The minimum Gasteiger partial charge on any atom is -0.356 e. The van der Waals surface area contributed by atoms with Crippen molar-refractivity contribution in [3.05, 3.63) is 65.5 Å². The van der Waals surface area contributed by atoms with Crippen LogP contribution in [-0.4, -0.2) is 5.11 Å². The number of nitrogens with one attached hydrogen (secondary N) is 2. The van der Waals surface area contributed by atoms with Crippen molar-refractivity contribution in [3.8, 4) is 0 Å². The Hall–Kier alpha value is -1.94. The summed E-state index contributed by atoms with van der Waals surface area (Å²) in [5.74, 6) is 0.248. The average molecular weight is 330 g/mol. The fourth-order valence-corrected chi connectivity index (χ4v) is 2.64. The summed E-state index contributed by atoms with van der Waals surface area (Å²) >= 11 is 5.27. The van der Waals surface area contributed by atoms with E-state index in [0.717, 1.165) is 12.0 Å². The summed E-state index contributed by atoms with van der Waals surface area (Å²) in [5.41, 5.74) is 2.87. The number of hydrogen-bond donors (Lipinski definition) is 2. The predicted molar refractivity (Wildman–Crippen MR) is 99.3 cm³/mol. The first-order chi connectivity index (χ1) is 11.0. The Morgan fingerprint density at radius 1 is 1.04 bits per heavy atom. The number of thiocarbonyl (C=S) groups is 1. The molecule has 0 aliphatic rings. The third-order valence-corrected chi connectivity index (χ3v) is 4.31. The molecule has 2 nitrogen and oxygen atoms in total. The Balaban J connectivity index is 1.97. The topological polar surface area (TPSA) is 24.1 Å². The zero-order chi connectivity index (χ0) is 16.8. The second-order valence-corrected chi connectivity index (χ2v) is 6.18. The van der Waals surface area contributed by atoms with E-state index >= 15 is 0 Å². The lowest BCUT2D eigenvalue weighted by Crippen LogP contribution is -2.31. The first-order valence-electron chi connectivity index (χ1n) is 7.93. The molecule has 0 heterocycles. The van der Waals surface area contributed by atoms with Crippen LogP contribution in [0.5, 0.6) is 0 Å². The van der Waals surface area contributed by atoms with E-state index < -0.39 is 0 Å². The van der Waals surface area contributed by atoms with Crippen molar-refractivity contribution >= 4 is 23.0 Å². The van der Waals surface area contributed by atoms with E-state index in [-0.39, 0.29) is 11.9 Å². The van der Waals surface area contributed by atoms with Crippen LogP contribution >= 0.6 is 12.2 Å². The van der Waals surface area contributed by atoms with Gasteiger partial charge in [-0.3, -0.25) is 0 Å². The van der Waals surface area contributed by atoms with Crippen LogP contribution in [0.15, 0.2) is 48.5 Å². The summed E-state index contributed by atoms with van der Waals surface area (Å²) in [6.07, 6.45) is 1.13. The molecule has 2 atom stereocenters. The summed E-state index contributed by atoms with van der Waals surface area (Å²) in [7, 11) is 0. The minimum atomic E-state index is -0.317. The molecule has 2 N–H and O–H groups in total. The number of anilines is 1. The minimum absolute atomic E-state index is 0.0488. The van der Waals surface area contributed by atoms with Crippen LogP contribution in [0.2, 0.25) is 0 Å². The van der Waals surface area contributed by atoms with Gasteiger partial charge in [-0.1, -0.05) is 50.2 Å². The van der Waals surface area contributed by atoms with Gasteiger partial charge < -0.3 is 10.6 Å². The lowest BCUT2D eigenvalue weighted by molar-refractivity contribution is 0.631. The molecular weight excluding hydrogens is 307 g/mol. The molecule has 0 fully saturated rings. The Bertz CT molecular complexity index is 655. The summed E-state index contributed by atoms with van der Waals surface area (Å²) in [4.78, 5) is 0. The highest BCUT2D eigenvalue weighted by Gasteiger charge is 2.10. The maximum absolute atomic E-state index is 13.6. The molecule has 2 rings (SSSR count). The monoisotopic (exact) mass is 330 g/mol. The first-order valence-corrected chi connectivity index (χ1v) is 8.34. The van der Waals surface area contributed by atoms with Crippen LogP contribution in [0, 0.1) is 5.82 Å². The second kappa shape index (κ2) is 8.06. The van der Waals surface area contributed by atoms with Gasteiger partial charge in [0.15, 0.2) is 5.11 Å². The van der Waals surface area contributed by atoms with Gasteiger partial charge in [0.05, 0.1) is 11.7 Å². The number of halogens is 1. The van der Waals surface area contributed by atoms with Gasteiger partial charge in [0, 0.05) is 0 Å². The number of hydrogen-bond acceptors (Lipinski definition) is 1. The second-order valence-electron chi connectivity index (χ2n) is 5.78. The lowest BCUT2D eigenvalue weighted by atomic mass is 9.96. The van der Waals surface area contributed by atoms with E-state index in [1.807, 2.05) is 6.92 Å². The summed E-state index contributed by atoms with van der Waals surface area (Å²) in [5, 5.41) is 6.49. The molecule has 2 aromatic carbocycles. The van der Waals surface area contributed by atoms with E-state index in [9.17, 15) is 4.39 Å². The first kappa shape index (κ1) is 17.4. The smallest absolute Gasteiger partial charge is 0.171 e. The van der Waals surface area contributed by atoms with Gasteiger partial charge in [-0.05, 0) is 54.7 Å². The summed E-state index contributed by atoms with van der Waals surface area (Å²) < 4.78 is 13.6. The summed E-state index contributed by atoms with van der Waals surface area (Å²) in [6.45, 7) is 6.45. The van der Waals surface area contributed by atoms with Crippen LogP contribution in [-0.2, 0) is 0 Å². The Labute approximate surface area is 143 Å². The van der Waals surface area contributed by atoms with E-state index in [1.165, 1.54) is 11.6 Å². The molecule has 2 aromatic rings. The molecule has 0 amide bonds. The van der Waals surface area contributed by atoms with Crippen molar-refractivity contribution < 1.29 is 4.39 Å². The average Bonchev–Trinajstić information content (AvgIpc) is 2.56. The third-order valence-electron chi connectivity index (χ3n) is 4.09. The zero-order valence-corrected chi connectivity index (χ0v) is 14.6. The normalized spacial score (nSPS) is 13.2. The van der Waals surface area contributed by atoms with Crippen molar-refractivity contribution in [3.63, 3.8) is 0 Å². The SMILES string of the molecule is CCC(C)c1ccc(C(C)NC(=S)Nc2ccccc2F)cc1. The van der Waals surface area contributed by atoms with Crippen LogP contribution in [0.25, 0.3) is 0 Å². The zero-order valence-electron chi connectivity index (χ0n) is 13.8. The third kappa shape index (κ3) is 4.76. The number of para-hydroxylation sites is 1.